The number of methoxy groups -OCH3 is 1. The van der Waals surface area contributed by atoms with Crippen molar-refractivity contribution in [2.24, 2.45) is 0 Å². The van der Waals surface area contributed by atoms with Crippen LogP contribution in [0.3, 0.4) is 0 Å². The highest BCUT2D eigenvalue weighted by molar-refractivity contribution is 4.93. The Morgan fingerprint density at radius 1 is 1.26 bits per heavy atom. The zero-order valence-electron chi connectivity index (χ0n) is 12.3. The smallest absolute Gasteiger partial charge is 0.0589 e. The lowest BCUT2D eigenvalue weighted by atomic mass is 10.1. The molecule has 110 valence electrons. The molecule has 1 saturated carbocycles. The summed E-state index contributed by atoms with van der Waals surface area (Å²) in [4.78, 5) is 5.40. The van der Waals surface area contributed by atoms with E-state index >= 15 is 0 Å². The molecule has 19 heavy (non-hydrogen) atoms. The summed E-state index contributed by atoms with van der Waals surface area (Å²) in [5, 5.41) is 3.64. The minimum atomic E-state index is 0.715. The molecule has 4 nitrogen and oxygen atoms in total. The second-order valence-corrected chi connectivity index (χ2v) is 6.45. The van der Waals surface area contributed by atoms with Gasteiger partial charge in [-0.1, -0.05) is 0 Å². The van der Waals surface area contributed by atoms with Crippen molar-refractivity contribution in [3.8, 4) is 0 Å². The first-order valence-electron chi connectivity index (χ1n) is 8.07. The quantitative estimate of drug-likeness (QED) is 0.742. The molecular formula is C15H29N3O. The molecule has 0 radical (unpaired) electrons. The molecule has 1 N–H and O–H groups in total. The third-order valence-electron chi connectivity index (χ3n) is 4.97. The number of hydrogen-bond acceptors (Lipinski definition) is 4. The topological polar surface area (TPSA) is 27.7 Å². The van der Waals surface area contributed by atoms with Crippen molar-refractivity contribution in [1.82, 2.24) is 15.1 Å². The number of ether oxygens (including phenoxy) is 1. The van der Waals surface area contributed by atoms with Crippen LogP contribution in [0, 0.1) is 0 Å². The molecule has 0 aromatic heterocycles. The van der Waals surface area contributed by atoms with Gasteiger partial charge in [-0.05, 0) is 38.6 Å². The standard InChI is InChI=1S/C15H29N3O/c1-19-10-9-18(11-13-3-2-7-16-13)15-6-8-17(12-15)14-4-5-14/h13-16H,2-12H2,1H3. The first-order valence-corrected chi connectivity index (χ1v) is 8.07. The van der Waals surface area contributed by atoms with Crippen LogP contribution in [-0.4, -0.2) is 74.4 Å². The van der Waals surface area contributed by atoms with Gasteiger partial charge in [-0.15, -0.1) is 0 Å². The van der Waals surface area contributed by atoms with Gasteiger partial charge in [-0.25, -0.2) is 0 Å². The number of nitrogens with one attached hydrogen (secondary N) is 1. The molecule has 2 unspecified atom stereocenters. The number of likely N-dealkylation sites (tertiary alicyclic amines) is 1. The van der Waals surface area contributed by atoms with Gasteiger partial charge in [0.25, 0.3) is 0 Å². The Kier molecular flexibility index (Phi) is 4.74. The average molecular weight is 267 g/mol. The second-order valence-electron chi connectivity index (χ2n) is 6.45. The fourth-order valence-electron chi connectivity index (χ4n) is 3.66. The zero-order valence-corrected chi connectivity index (χ0v) is 12.3. The van der Waals surface area contributed by atoms with Gasteiger partial charge in [0, 0.05) is 51.4 Å². The van der Waals surface area contributed by atoms with Crippen molar-refractivity contribution >= 4 is 0 Å². The minimum absolute atomic E-state index is 0.715. The van der Waals surface area contributed by atoms with Crippen molar-refractivity contribution < 1.29 is 4.74 Å². The maximum Gasteiger partial charge on any atom is 0.0589 e. The lowest BCUT2D eigenvalue weighted by Gasteiger charge is -2.31. The molecule has 0 spiro atoms. The Morgan fingerprint density at radius 3 is 2.84 bits per heavy atom. The molecule has 1 aliphatic carbocycles. The molecule has 2 saturated heterocycles. The first-order chi connectivity index (χ1) is 9.36. The van der Waals surface area contributed by atoms with Crippen LogP contribution in [0.15, 0.2) is 0 Å². The molecule has 0 amide bonds. The summed E-state index contributed by atoms with van der Waals surface area (Å²) in [5.41, 5.74) is 0. The summed E-state index contributed by atoms with van der Waals surface area (Å²) in [7, 11) is 1.82. The first kappa shape index (κ1) is 13.8. The molecule has 0 aromatic carbocycles. The van der Waals surface area contributed by atoms with Crippen LogP contribution in [0.2, 0.25) is 0 Å². The number of rotatable bonds is 7. The molecule has 2 heterocycles. The van der Waals surface area contributed by atoms with Crippen LogP contribution >= 0.6 is 0 Å². The monoisotopic (exact) mass is 267 g/mol. The number of nitrogens with zero attached hydrogens (tertiary/aromatic N) is 2. The van der Waals surface area contributed by atoms with Crippen LogP contribution in [-0.2, 0) is 4.74 Å². The maximum absolute atomic E-state index is 5.31. The van der Waals surface area contributed by atoms with Gasteiger partial charge in [-0.3, -0.25) is 9.80 Å². The van der Waals surface area contributed by atoms with Gasteiger partial charge >= 0.3 is 0 Å². The Bertz CT molecular complexity index is 277. The van der Waals surface area contributed by atoms with E-state index in [1.165, 1.54) is 58.3 Å². The molecule has 0 bridgehead atoms. The van der Waals surface area contributed by atoms with E-state index in [1.807, 2.05) is 7.11 Å². The van der Waals surface area contributed by atoms with Crippen LogP contribution in [0.5, 0.6) is 0 Å². The van der Waals surface area contributed by atoms with E-state index in [0.717, 1.165) is 25.2 Å². The van der Waals surface area contributed by atoms with E-state index in [9.17, 15) is 0 Å². The summed E-state index contributed by atoms with van der Waals surface area (Å²) < 4.78 is 5.31. The summed E-state index contributed by atoms with van der Waals surface area (Å²) in [6.45, 7) is 7.00. The van der Waals surface area contributed by atoms with Crippen molar-refractivity contribution in [3.05, 3.63) is 0 Å². The van der Waals surface area contributed by atoms with Crippen molar-refractivity contribution in [2.45, 2.75) is 50.2 Å². The maximum atomic E-state index is 5.31. The molecule has 0 aromatic rings. The minimum Gasteiger partial charge on any atom is -0.383 e. The molecule has 3 aliphatic rings. The number of hydrogen-bond donors (Lipinski definition) is 1. The molecular weight excluding hydrogens is 238 g/mol. The van der Waals surface area contributed by atoms with Gasteiger partial charge in [-0.2, -0.15) is 0 Å². The van der Waals surface area contributed by atoms with Crippen LogP contribution in [0.25, 0.3) is 0 Å². The van der Waals surface area contributed by atoms with Crippen LogP contribution in [0.1, 0.15) is 32.1 Å². The van der Waals surface area contributed by atoms with Crippen LogP contribution in [0.4, 0.5) is 0 Å². The summed E-state index contributed by atoms with van der Waals surface area (Å²) in [6, 6.07) is 2.41. The predicted molar refractivity (Wildman–Crippen MR) is 77.5 cm³/mol. The van der Waals surface area contributed by atoms with Crippen molar-refractivity contribution in [1.29, 1.82) is 0 Å². The van der Waals surface area contributed by atoms with Gasteiger partial charge in [0.15, 0.2) is 0 Å². The van der Waals surface area contributed by atoms with E-state index in [0.29, 0.717) is 6.04 Å². The Morgan fingerprint density at radius 2 is 2.16 bits per heavy atom. The van der Waals surface area contributed by atoms with Crippen LogP contribution < -0.4 is 5.32 Å². The van der Waals surface area contributed by atoms with E-state index in [2.05, 4.69) is 15.1 Å². The summed E-state index contributed by atoms with van der Waals surface area (Å²) in [6.07, 6.45) is 6.93. The SMILES string of the molecule is COCCN(CC1CCCN1)C1CCN(C2CC2)C1. The molecule has 2 aliphatic heterocycles. The van der Waals surface area contributed by atoms with E-state index < -0.39 is 0 Å². The van der Waals surface area contributed by atoms with Gasteiger partial charge in [0.1, 0.15) is 0 Å². The highest BCUT2D eigenvalue weighted by atomic mass is 16.5. The van der Waals surface area contributed by atoms with E-state index in [4.69, 9.17) is 4.74 Å². The molecule has 2 atom stereocenters. The van der Waals surface area contributed by atoms with Gasteiger partial charge in [0.05, 0.1) is 6.61 Å². The molecule has 4 heteroatoms. The highest BCUT2D eigenvalue weighted by Crippen LogP contribution is 2.31. The Labute approximate surface area is 117 Å². The Hall–Kier alpha value is -0.160. The van der Waals surface area contributed by atoms with E-state index in [-0.39, 0.29) is 0 Å². The normalized spacial score (nSPS) is 32.5. The summed E-state index contributed by atoms with van der Waals surface area (Å²) in [5.74, 6) is 0. The van der Waals surface area contributed by atoms with Gasteiger partial charge in [0.2, 0.25) is 0 Å². The second kappa shape index (κ2) is 6.53. The fraction of sp³-hybridized carbons (Fsp3) is 1.00. The van der Waals surface area contributed by atoms with Crippen molar-refractivity contribution in [3.63, 3.8) is 0 Å². The lowest BCUT2D eigenvalue weighted by Crippen LogP contribution is -2.46. The largest absolute Gasteiger partial charge is 0.383 e. The Balaban J connectivity index is 1.51. The average Bonchev–Trinajstić information content (AvgIpc) is 2.94. The fourth-order valence-corrected chi connectivity index (χ4v) is 3.66. The van der Waals surface area contributed by atoms with Gasteiger partial charge < -0.3 is 10.1 Å². The van der Waals surface area contributed by atoms with E-state index in [1.54, 1.807) is 0 Å². The van der Waals surface area contributed by atoms with Crippen molar-refractivity contribution in [2.75, 3.05) is 46.4 Å². The highest BCUT2D eigenvalue weighted by Gasteiger charge is 2.36. The lowest BCUT2D eigenvalue weighted by molar-refractivity contribution is 0.113. The zero-order chi connectivity index (χ0) is 13.1. The molecule has 3 fully saturated rings. The molecule has 3 rings (SSSR count). The third-order valence-corrected chi connectivity index (χ3v) is 4.97. The summed E-state index contributed by atoms with van der Waals surface area (Å²) >= 11 is 0. The predicted octanol–water partition coefficient (Wildman–Crippen LogP) is 0.924. The third kappa shape index (κ3) is 3.69.